The van der Waals surface area contributed by atoms with E-state index < -0.39 is 0 Å². The quantitative estimate of drug-likeness (QED) is 0.695. The normalized spacial score (nSPS) is 11.7. The fourth-order valence-corrected chi connectivity index (χ4v) is 2.25. The largest absolute Gasteiger partial charge is 0.295 e. The zero-order valence-electron chi connectivity index (χ0n) is 12.7. The molecule has 0 saturated carbocycles. The molecule has 1 heteroatoms. The van der Waals surface area contributed by atoms with Gasteiger partial charge in [0, 0.05) is 5.56 Å². The molecule has 100 valence electrons. The minimum Gasteiger partial charge on any atom is -0.295 e. The molecule has 0 saturated heterocycles. The second-order valence-corrected chi connectivity index (χ2v) is 6.23. The summed E-state index contributed by atoms with van der Waals surface area (Å²) >= 11 is 0. The van der Waals surface area contributed by atoms with E-state index in [0.29, 0.717) is 0 Å². The predicted molar refractivity (Wildman–Crippen MR) is 78.5 cm³/mol. The minimum absolute atomic E-state index is 0.0955. The van der Waals surface area contributed by atoms with Gasteiger partial charge in [-0.2, -0.15) is 0 Å². The highest BCUT2D eigenvalue weighted by molar-refractivity contribution is 5.96. The SMILES string of the molecule is CCCCc1c(C)cc(C(C)(C)C)cc1C(C)=O. The van der Waals surface area contributed by atoms with Crippen LogP contribution in [0.15, 0.2) is 12.1 Å². The number of benzene rings is 1. The van der Waals surface area contributed by atoms with Crippen molar-refractivity contribution in [3.63, 3.8) is 0 Å². The van der Waals surface area contributed by atoms with E-state index in [4.69, 9.17) is 0 Å². The first kappa shape index (κ1) is 14.9. The van der Waals surface area contributed by atoms with E-state index in [2.05, 4.69) is 46.8 Å². The number of rotatable bonds is 4. The Morgan fingerprint density at radius 2 is 1.83 bits per heavy atom. The molecule has 0 N–H and O–H groups in total. The number of Topliss-reactive ketones (excluding diaryl/α,β-unsaturated/α-hetero) is 1. The van der Waals surface area contributed by atoms with E-state index >= 15 is 0 Å². The van der Waals surface area contributed by atoms with Crippen LogP contribution in [0.25, 0.3) is 0 Å². The third kappa shape index (κ3) is 3.44. The second kappa shape index (κ2) is 5.69. The van der Waals surface area contributed by atoms with Gasteiger partial charge < -0.3 is 0 Å². The molecule has 1 nitrogen and oxygen atoms in total. The van der Waals surface area contributed by atoms with Crippen molar-refractivity contribution in [3.05, 3.63) is 34.4 Å². The maximum absolute atomic E-state index is 11.9. The molecule has 0 bridgehead atoms. The standard InChI is InChI=1S/C17H26O/c1-7-8-9-15-12(2)10-14(17(4,5)6)11-16(15)13(3)18/h10-11H,7-9H2,1-6H3. The number of carbonyl (C=O) groups is 1. The molecule has 0 atom stereocenters. The maximum atomic E-state index is 11.9. The van der Waals surface area contributed by atoms with Crippen molar-refractivity contribution in [1.29, 1.82) is 0 Å². The first-order valence-electron chi connectivity index (χ1n) is 6.92. The summed E-state index contributed by atoms with van der Waals surface area (Å²) in [6, 6.07) is 4.34. The van der Waals surface area contributed by atoms with Gasteiger partial charge in [-0.15, -0.1) is 0 Å². The summed E-state index contributed by atoms with van der Waals surface area (Å²) in [6.45, 7) is 12.6. The van der Waals surface area contributed by atoms with E-state index in [9.17, 15) is 4.79 Å². The van der Waals surface area contributed by atoms with Crippen LogP contribution in [0.5, 0.6) is 0 Å². The molecule has 0 heterocycles. The van der Waals surface area contributed by atoms with E-state index in [1.165, 1.54) is 16.7 Å². The summed E-state index contributed by atoms with van der Waals surface area (Å²) in [5, 5.41) is 0. The highest BCUT2D eigenvalue weighted by atomic mass is 16.1. The molecule has 0 aromatic heterocycles. The van der Waals surface area contributed by atoms with Crippen LogP contribution in [0.2, 0.25) is 0 Å². The lowest BCUT2D eigenvalue weighted by atomic mass is 9.82. The zero-order valence-corrected chi connectivity index (χ0v) is 12.7. The smallest absolute Gasteiger partial charge is 0.160 e. The van der Waals surface area contributed by atoms with Crippen LogP contribution < -0.4 is 0 Å². The number of hydrogen-bond donors (Lipinski definition) is 0. The van der Waals surface area contributed by atoms with Gasteiger partial charge in [0.1, 0.15) is 0 Å². The van der Waals surface area contributed by atoms with Crippen molar-refractivity contribution < 1.29 is 4.79 Å². The molecule has 0 aliphatic carbocycles. The van der Waals surface area contributed by atoms with Crippen molar-refractivity contribution in [2.45, 2.75) is 66.2 Å². The van der Waals surface area contributed by atoms with Crippen molar-refractivity contribution >= 4 is 5.78 Å². The fourth-order valence-electron chi connectivity index (χ4n) is 2.25. The summed E-state index contributed by atoms with van der Waals surface area (Å²) in [4.78, 5) is 11.9. The van der Waals surface area contributed by atoms with Gasteiger partial charge >= 0.3 is 0 Å². The Hall–Kier alpha value is -1.11. The minimum atomic E-state index is 0.0955. The lowest BCUT2D eigenvalue weighted by Crippen LogP contribution is -2.14. The van der Waals surface area contributed by atoms with Gasteiger partial charge in [-0.1, -0.05) is 40.2 Å². The van der Waals surface area contributed by atoms with E-state index in [1.54, 1.807) is 6.92 Å². The van der Waals surface area contributed by atoms with Crippen LogP contribution in [-0.4, -0.2) is 5.78 Å². The first-order valence-corrected chi connectivity index (χ1v) is 6.92. The molecular weight excluding hydrogens is 220 g/mol. The maximum Gasteiger partial charge on any atom is 0.160 e. The Morgan fingerprint density at radius 1 is 1.22 bits per heavy atom. The molecule has 18 heavy (non-hydrogen) atoms. The van der Waals surface area contributed by atoms with Crippen LogP contribution in [0, 0.1) is 6.92 Å². The molecule has 0 unspecified atom stereocenters. The summed E-state index contributed by atoms with van der Waals surface area (Å²) in [5.74, 6) is 0.190. The van der Waals surface area contributed by atoms with Crippen molar-refractivity contribution in [3.8, 4) is 0 Å². The van der Waals surface area contributed by atoms with Crippen molar-refractivity contribution in [2.24, 2.45) is 0 Å². The summed E-state index contributed by atoms with van der Waals surface area (Å²) in [7, 11) is 0. The van der Waals surface area contributed by atoms with Crippen LogP contribution in [-0.2, 0) is 11.8 Å². The number of carbonyl (C=O) groups excluding carboxylic acids is 1. The Labute approximate surface area is 112 Å². The molecule has 1 aromatic rings. The van der Waals surface area contributed by atoms with Gasteiger partial charge in [-0.05, 0) is 54.9 Å². The summed E-state index contributed by atoms with van der Waals surface area (Å²) < 4.78 is 0. The summed E-state index contributed by atoms with van der Waals surface area (Å²) in [5.41, 5.74) is 4.79. The Bertz CT molecular complexity index is 436. The van der Waals surface area contributed by atoms with Gasteiger partial charge in [0.25, 0.3) is 0 Å². The predicted octanol–water partition coefficient (Wildman–Crippen LogP) is 4.84. The van der Waals surface area contributed by atoms with Crippen LogP contribution in [0.4, 0.5) is 0 Å². The van der Waals surface area contributed by atoms with Crippen LogP contribution >= 0.6 is 0 Å². The molecule has 0 spiro atoms. The van der Waals surface area contributed by atoms with Crippen molar-refractivity contribution in [2.75, 3.05) is 0 Å². The number of hydrogen-bond acceptors (Lipinski definition) is 1. The van der Waals surface area contributed by atoms with Crippen molar-refractivity contribution in [1.82, 2.24) is 0 Å². The van der Waals surface area contributed by atoms with Gasteiger partial charge in [0.15, 0.2) is 5.78 Å². The molecule has 1 rings (SSSR count). The molecule has 0 amide bonds. The Morgan fingerprint density at radius 3 is 2.28 bits per heavy atom. The van der Waals surface area contributed by atoms with Gasteiger partial charge in [0.05, 0.1) is 0 Å². The topological polar surface area (TPSA) is 17.1 Å². The second-order valence-electron chi connectivity index (χ2n) is 6.23. The molecule has 0 fully saturated rings. The lowest BCUT2D eigenvalue weighted by Gasteiger charge is -2.22. The van der Waals surface area contributed by atoms with E-state index in [0.717, 1.165) is 24.8 Å². The van der Waals surface area contributed by atoms with Gasteiger partial charge in [-0.25, -0.2) is 0 Å². The van der Waals surface area contributed by atoms with Crippen LogP contribution in [0.1, 0.15) is 74.5 Å². The first-order chi connectivity index (χ1) is 8.27. The molecule has 0 radical (unpaired) electrons. The third-order valence-corrected chi connectivity index (χ3v) is 3.50. The number of ketones is 1. The number of aryl methyl sites for hydroxylation is 1. The molecule has 0 aliphatic rings. The van der Waals surface area contributed by atoms with Gasteiger partial charge in [-0.3, -0.25) is 4.79 Å². The van der Waals surface area contributed by atoms with Gasteiger partial charge in [0.2, 0.25) is 0 Å². The monoisotopic (exact) mass is 246 g/mol. The average molecular weight is 246 g/mol. The summed E-state index contributed by atoms with van der Waals surface area (Å²) in [6.07, 6.45) is 3.33. The Kier molecular flexibility index (Phi) is 4.72. The Balaban J connectivity index is 3.31. The number of unbranched alkanes of at least 4 members (excludes halogenated alkanes) is 1. The molecular formula is C17H26O. The fraction of sp³-hybridized carbons (Fsp3) is 0.588. The zero-order chi connectivity index (χ0) is 13.9. The third-order valence-electron chi connectivity index (χ3n) is 3.50. The highest BCUT2D eigenvalue weighted by Gasteiger charge is 2.18. The molecule has 1 aromatic carbocycles. The van der Waals surface area contributed by atoms with Crippen LogP contribution in [0.3, 0.4) is 0 Å². The van der Waals surface area contributed by atoms with E-state index in [1.807, 2.05) is 0 Å². The molecule has 0 aliphatic heterocycles. The van der Waals surface area contributed by atoms with E-state index in [-0.39, 0.29) is 11.2 Å². The highest BCUT2D eigenvalue weighted by Crippen LogP contribution is 2.28. The lowest BCUT2D eigenvalue weighted by molar-refractivity contribution is 0.101. The average Bonchev–Trinajstić information content (AvgIpc) is 2.25.